The van der Waals surface area contributed by atoms with Gasteiger partial charge in [0.2, 0.25) is 0 Å². The van der Waals surface area contributed by atoms with Gasteiger partial charge >= 0.3 is 0 Å². The number of nitrogens with zero attached hydrogens (tertiary/aromatic N) is 1. The first-order valence-electron chi connectivity index (χ1n) is 6.66. The molecule has 3 N–H and O–H groups in total. The Hall–Kier alpha value is -0.160. The van der Waals surface area contributed by atoms with Gasteiger partial charge < -0.3 is 20.7 Å². The molecule has 2 heterocycles. The van der Waals surface area contributed by atoms with Crippen molar-refractivity contribution in [2.24, 2.45) is 5.73 Å². The van der Waals surface area contributed by atoms with Gasteiger partial charge in [-0.1, -0.05) is 0 Å². The molecule has 94 valence electrons. The van der Waals surface area contributed by atoms with Crippen molar-refractivity contribution in [1.82, 2.24) is 10.2 Å². The highest BCUT2D eigenvalue weighted by Gasteiger charge is 2.20. The molecule has 0 aliphatic carbocycles. The molecule has 1 unspecified atom stereocenters. The van der Waals surface area contributed by atoms with Gasteiger partial charge in [-0.3, -0.25) is 0 Å². The minimum absolute atomic E-state index is 0.474. The van der Waals surface area contributed by atoms with Crippen LogP contribution in [0.25, 0.3) is 0 Å². The molecule has 0 saturated carbocycles. The summed E-state index contributed by atoms with van der Waals surface area (Å²) in [4.78, 5) is 2.46. The minimum atomic E-state index is 0.474. The minimum Gasteiger partial charge on any atom is -0.377 e. The average Bonchev–Trinajstić information content (AvgIpc) is 2.82. The zero-order valence-corrected chi connectivity index (χ0v) is 10.2. The molecule has 2 rings (SSSR count). The van der Waals surface area contributed by atoms with Crippen LogP contribution < -0.4 is 11.1 Å². The van der Waals surface area contributed by atoms with Gasteiger partial charge in [0.05, 0.1) is 6.10 Å². The molecular formula is C12H25N3O. The van der Waals surface area contributed by atoms with E-state index in [4.69, 9.17) is 10.5 Å². The Bertz CT molecular complexity index is 187. The van der Waals surface area contributed by atoms with Gasteiger partial charge in [0.1, 0.15) is 0 Å². The van der Waals surface area contributed by atoms with Gasteiger partial charge in [-0.05, 0) is 38.8 Å². The number of ether oxygens (including phenoxy) is 1. The van der Waals surface area contributed by atoms with Crippen LogP contribution in [0.1, 0.15) is 25.7 Å². The van der Waals surface area contributed by atoms with Crippen LogP contribution in [0, 0.1) is 0 Å². The van der Waals surface area contributed by atoms with E-state index in [-0.39, 0.29) is 0 Å². The predicted octanol–water partition coefficient (Wildman–Crippen LogP) is 0.178. The number of piperidine rings is 1. The fourth-order valence-electron chi connectivity index (χ4n) is 2.65. The normalized spacial score (nSPS) is 28.7. The Morgan fingerprint density at radius 2 is 2.06 bits per heavy atom. The SMILES string of the molecule is NCCN1CCC(NCC2CCCO2)CC1. The number of nitrogens with two attached hydrogens (primary N) is 1. The molecule has 16 heavy (non-hydrogen) atoms. The molecular weight excluding hydrogens is 202 g/mol. The highest BCUT2D eigenvalue weighted by atomic mass is 16.5. The van der Waals surface area contributed by atoms with Crippen molar-refractivity contribution in [1.29, 1.82) is 0 Å². The predicted molar refractivity (Wildman–Crippen MR) is 65.5 cm³/mol. The van der Waals surface area contributed by atoms with Crippen LogP contribution in [0.15, 0.2) is 0 Å². The van der Waals surface area contributed by atoms with Gasteiger partial charge in [-0.15, -0.1) is 0 Å². The van der Waals surface area contributed by atoms with E-state index < -0.39 is 0 Å². The van der Waals surface area contributed by atoms with Crippen LogP contribution in [0.5, 0.6) is 0 Å². The molecule has 0 aromatic rings. The maximum Gasteiger partial charge on any atom is 0.0700 e. The fourth-order valence-corrected chi connectivity index (χ4v) is 2.65. The molecule has 2 aliphatic heterocycles. The van der Waals surface area contributed by atoms with Gasteiger partial charge in [0.25, 0.3) is 0 Å². The summed E-state index contributed by atoms with van der Waals surface area (Å²) in [5.74, 6) is 0. The van der Waals surface area contributed by atoms with Crippen molar-refractivity contribution in [2.75, 3.05) is 39.3 Å². The summed E-state index contributed by atoms with van der Waals surface area (Å²) < 4.78 is 5.61. The maximum atomic E-state index is 5.61. The lowest BCUT2D eigenvalue weighted by Crippen LogP contribution is -2.45. The molecule has 0 bridgehead atoms. The third-order valence-corrected chi connectivity index (χ3v) is 3.69. The standard InChI is InChI=1S/C12H25N3O/c13-5-8-15-6-3-11(4-7-15)14-10-12-2-1-9-16-12/h11-12,14H,1-10,13H2. The molecule has 2 aliphatic rings. The average molecular weight is 227 g/mol. The quantitative estimate of drug-likeness (QED) is 0.703. The lowest BCUT2D eigenvalue weighted by molar-refractivity contribution is 0.102. The largest absolute Gasteiger partial charge is 0.377 e. The Labute approximate surface area is 98.5 Å². The number of likely N-dealkylation sites (tertiary alicyclic amines) is 1. The van der Waals surface area contributed by atoms with E-state index in [1.807, 2.05) is 0 Å². The van der Waals surface area contributed by atoms with Crippen LogP contribution in [-0.4, -0.2) is 56.4 Å². The summed E-state index contributed by atoms with van der Waals surface area (Å²) in [6.07, 6.45) is 5.46. The first-order chi connectivity index (χ1) is 7.88. The summed E-state index contributed by atoms with van der Waals surface area (Å²) in [6.45, 7) is 6.23. The van der Waals surface area contributed by atoms with E-state index in [1.54, 1.807) is 0 Å². The molecule has 0 amide bonds. The second-order valence-electron chi connectivity index (χ2n) is 4.95. The monoisotopic (exact) mass is 227 g/mol. The zero-order valence-electron chi connectivity index (χ0n) is 10.2. The summed E-state index contributed by atoms with van der Waals surface area (Å²) in [6, 6.07) is 0.693. The molecule has 4 heteroatoms. The third kappa shape index (κ3) is 3.70. The van der Waals surface area contributed by atoms with Crippen molar-refractivity contribution in [2.45, 2.75) is 37.8 Å². The lowest BCUT2D eigenvalue weighted by atomic mass is 10.0. The fraction of sp³-hybridized carbons (Fsp3) is 1.00. The highest BCUT2D eigenvalue weighted by molar-refractivity contribution is 4.79. The molecule has 1 atom stereocenters. The summed E-state index contributed by atoms with van der Waals surface area (Å²) in [5.41, 5.74) is 5.56. The third-order valence-electron chi connectivity index (χ3n) is 3.69. The first-order valence-corrected chi connectivity index (χ1v) is 6.66. The van der Waals surface area contributed by atoms with E-state index in [0.29, 0.717) is 12.1 Å². The number of rotatable bonds is 5. The van der Waals surface area contributed by atoms with Crippen LogP contribution in [0.3, 0.4) is 0 Å². The lowest BCUT2D eigenvalue weighted by Gasteiger charge is -2.32. The van der Waals surface area contributed by atoms with Crippen LogP contribution >= 0.6 is 0 Å². The number of nitrogens with one attached hydrogen (secondary N) is 1. The van der Waals surface area contributed by atoms with Gasteiger partial charge in [0.15, 0.2) is 0 Å². The van der Waals surface area contributed by atoms with Gasteiger partial charge in [0, 0.05) is 32.3 Å². The molecule has 2 fully saturated rings. The van der Waals surface area contributed by atoms with E-state index >= 15 is 0 Å². The summed E-state index contributed by atoms with van der Waals surface area (Å²) >= 11 is 0. The van der Waals surface area contributed by atoms with Crippen molar-refractivity contribution in [3.05, 3.63) is 0 Å². The van der Waals surface area contributed by atoms with Crippen LogP contribution in [0.2, 0.25) is 0 Å². The van der Waals surface area contributed by atoms with Crippen molar-refractivity contribution >= 4 is 0 Å². The van der Waals surface area contributed by atoms with E-state index in [0.717, 1.165) is 26.2 Å². The van der Waals surface area contributed by atoms with E-state index in [9.17, 15) is 0 Å². The Morgan fingerprint density at radius 1 is 1.25 bits per heavy atom. The van der Waals surface area contributed by atoms with Crippen molar-refractivity contribution in [3.63, 3.8) is 0 Å². The topological polar surface area (TPSA) is 50.5 Å². The van der Waals surface area contributed by atoms with Gasteiger partial charge in [-0.2, -0.15) is 0 Å². The second-order valence-corrected chi connectivity index (χ2v) is 4.95. The van der Waals surface area contributed by atoms with Gasteiger partial charge in [-0.25, -0.2) is 0 Å². The number of hydrogen-bond donors (Lipinski definition) is 2. The van der Waals surface area contributed by atoms with Crippen molar-refractivity contribution < 1.29 is 4.74 Å². The van der Waals surface area contributed by atoms with E-state index in [2.05, 4.69) is 10.2 Å². The molecule has 0 aromatic heterocycles. The number of hydrogen-bond acceptors (Lipinski definition) is 4. The Balaban J connectivity index is 1.57. The smallest absolute Gasteiger partial charge is 0.0700 e. The zero-order chi connectivity index (χ0) is 11.2. The molecule has 0 aromatic carbocycles. The molecule has 2 saturated heterocycles. The molecule has 0 spiro atoms. The Morgan fingerprint density at radius 3 is 2.69 bits per heavy atom. The second kappa shape index (κ2) is 6.55. The maximum absolute atomic E-state index is 5.61. The van der Waals surface area contributed by atoms with Crippen LogP contribution in [0.4, 0.5) is 0 Å². The molecule has 0 radical (unpaired) electrons. The summed E-state index contributed by atoms with van der Waals surface area (Å²) in [7, 11) is 0. The summed E-state index contributed by atoms with van der Waals surface area (Å²) in [5, 5.41) is 3.64. The Kier molecular flexibility index (Phi) is 5.03. The van der Waals surface area contributed by atoms with E-state index in [1.165, 1.54) is 38.8 Å². The van der Waals surface area contributed by atoms with Crippen molar-refractivity contribution in [3.8, 4) is 0 Å². The molecule has 4 nitrogen and oxygen atoms in total. The highest BCUT2D eigenvalue weighted by Crippen LogP contribution is 2.13. The first kappa shape index (κ1) is 12.3. The van der Waals surface area contributed by atoms with Crippen LogP contribution in [-0.2, 0) is 4.74 Å².